The van der Waals surface area contributed by atoms with Crippen molar-refractivity contribution in [1.29, 1.82) is 0 Å². The molecule has 5 heteroatoms. The lowest BCUT2D eigenvalue weighted by Gasteiger charge is -2.22. The standard InChI is InChI=1S/C7H16N2O2S/c1-2-9-5-3-7-12(10,11)8-4-6-9/h8H,2-7H2,1H3. The summed E-state index contributed by atoms with van der Waals surface area (Å²) in [6.07, 6.45) is 0.739. The molecule has 0 aromatic rings. The third-order valence-electron chi connectivity index (χ3n) is 2.08. The summed E-state index contributed by atoms with van der Waals surface area (Å²) in [5.41, 5.74) is 0. The highest BCUT2D eigenvalue weighted by Crippen LogP contribution is 1.98. The molecule has 0 aromatic carbocycles. The van der Waals surface area contributed by atoms with E-state index >= 15 is 0 Å². The summed E-state index contributed by atoms with van der Waals surface area (Å²) in [6, 6.07) is 0. The van der Waals surface area contributed by atoms with Gasteiger partial charge in [-0.1, -0.05) is 6.92 Å². The molecule has 0 bridgehead atoms. The minimum atomic E-state index is -2.95. The van der Waals surface area contributed by atoms with Gasteiger partial charge >= 0.3 is 0 Å². The number of likely N-dealkylation sites (N-methyl/N-ethyl adjacent to an activating group) is 1. The molecule has 0 saturated carbocycles. The molecular formula is C7H16N2O2S. The van der Waals surface area contributed by atoms with Crippen LogP contribution in [0.5, 0.6) is 0 Å². The highest BCUT2D eigenvalue weighted by Gasteiger charge is 2.14. The summed E-state index contributed by atoms with van der Waals surface area (Å²) in [5.74, 6) is 0.267. The molecule has 1 aliphatic rings. The Bertz CT molecular complexity index is 210. The Kier molecular flexibility index (Phi) is 3.49. The fourth-order valence-electron chi connectivity index (χ4n) is 1.34. The topological polar surface area (TPSA) is 49.4 Å². The van der Waals surface area contributed by atoms with Gasteiger partial charge in [-0.25, -0.2) is 13.1 Å². The van der Waals surface area contributed by atoms with Crippen molar-refractivity contribution in [3.8, 4) is 0 Å². The van der Waals surface area contributed by atoms with E-state index in [1.165, 1.54) is 0 Å². The Labute approximate surface area is 74.0 Å². The largest absolute Gasteiger partial charge is 0.302 e. The maximum Gasteiger partial charge on any atom is 0.211 e. The third kappa shape index (κ3) is 3.08. The van der Waals surface area contributed by atoms with Gasteiger partial charge in [-0.2, -0.15) is 0 Å². The second kappa shape index (κ2) is 4.20. The smallest absolute Gasteiger partial charge is 0.211 e. The summed E-state index contributed by atoms with van der Waals surface area (Å²) in [4.78, 5) is 2.25. The summed E-state index contributed by atoms with van der Waals surface area (Å²) in [6.45, 7) is 5.38. The van der Waals surface area contributed by atoms with E-state index in [1.54, 1.807) is 0 Å². The molecule has 1 saturated heterocycles. The molecule has 0 unspecified atom stereocenters. The molecule has 1 fully saturated rings. The van der Waals surface area contributed by atoms with E-state index in [0.29, 0.717) is 6.54 Å². The highest BCUT2D eigenvalue weighted by molar-refractivity contribution is 7.89. The summed E-state index contributed by atoms with van der Waals surface area (Å²) in [5, 5.41) is 0. The van der Waals surface area contributed by atoms with Gasteiger partial charge in [0.15, 0.2) is 0 Å². The monoisotopic (exact) mass is 192 g/mol. The van der Waals surface area contributed by atoms with Crippen molar-refractivity contribution in [2.75, 3.05) is 31.9 Å². The zero-order valence-electron chi connectivity index (χ0n) is 7.41. The lowest BCUT2D eigenvalue weighted by atomic mass is 10.4. The van der Waals surface area contributed by atoms with E-state index in [0.717, 1.165) is 26.1 Å². The number of hydrogen-bond acceptors (Lipinski definition) is 3. The first-order valence-corrected chi connectivity index (χ1v) is 5.99. The van der Waals surface area contributed by atoms with E-state index in [4.69, 9.17) is 0 Å². The molecule has 4 nitrogen and oxygen atoms in total. The molecule has 0 aliphatic carbocycles. The second-order valence-corrected chi connectivity index (χ2v) is 4.93. The van der Waals surface area contributed by atoms with E-state index in [-0.39, 0.29) is 5.75 Å². The average Bonchev–Trinajstić information content (AvgIpc) is 1.97. The molecule has 0 spiro atoms. The second-order valence-electron chi connectivity index (χ2n) is 3.00. The van der Waals surface area contributed by atoms with Gasteiger partial charge in [0.2, 0.25) is 10.0 Å². The van der Waals surface area contributed by atoms with Crippen molar-refractivity contribution in [3.05, 3.63) is 0 Å². The van der Waals surface area contributed by atoms with Crippen LogP contribution < -0.4 is 4.72 Å². The minimum absolute atomic E-state index is 0.267. The van der Waals surface area contributed by atoms with Crippen LogP contribution in [0.4, 0.5) is 0 Å². The van der Waals surface area contributed by atoms with Crippen LogP contribution in [0.1, 0.15) is 13.3 Å². The van der Waals surface area contributed by atoms with Crippen LogP contribution in [0.2, 0.25) is 0 Å². The van der Waals surface area contributed by atoms with Crippen molar-refractivity contribution < 1.29 is 8.42 Å². The first-order chi connectivity index (χ1) is 5.64. The number of rotatable bonds is 1. The number of hydrogen-bond donors (Lipinski definition) is 1. The summed E-state index contributed by atoms with van der Waals surface area (Å²) >= 11 is 0. The van der Waals surface area contributed by atoms with Gasteiger partial charge in [-0.05, 0) is 19.5 Å². The van der Waals surface area contributed by atoms with E-state index in [9.17, 15) is 8.42 Å². The SMILES string of the molecule is CCN1CCCS(=O)(=O)NCC1. The maximum absolute atomic E-state index is 11.1. The fourth-order valence-corrected chi connectivity index (χ4v) is 2.39. The Morgan fingerprint density at radius 2 is 2.17 bits per heavy atom. The van der Waals surface area contributed by atoms with E-state index < -0.39 is 10.0 Å². The van der Waals surface area contributed by atoms with Gasteiger partial charge in [-0.3, -0.25) is 0 Å². The minimum Gasteiger partial charge on any atom is -0.302 e. The molecule has 1 aliphatic heterocycles. The average molecular weight is 192 g/mol. The van der Waals surface area contributed by atoms with E-state index in [1.807, 2.05) is 0 Å². The van der Waals surface area contributed by atoms with E-state index in [2.05, 4.69) is 16.5 Å². The Morgan fingerprint density at radius 1 is 1.42 bits per heavy atom. The van der Waals surface area contributed by atoms with Crippen molar-refractivity contribution in [3.63, 3.8) is 0 Å². The van der Waals surface area contributed by atoms with Gasteiger partial charge < -0.3 is 4.90 Å². The van der Waals surface area contributed by atoms with Gasteiger partial charge in [0.1, 0.15) is 0 Å². The number of sulfonamides is 1. The zero-order valence-corrected chi connectivity index (χ0v) is 8.23. The maximum atomic E-state index is 11.1. The molecule has 1 rings (SSSR count). The number of nitrogens with zero attached hydrogens (tertiary/aromatic N) is 1. The van der Waals surface area contributed by atoms with Crippen molar-refractivity contribution in [2.45, 2.75) is 13.3 Å². The Balaban J connectivity index is 2.45. The van der Waals surface area contributed by atoms with Gasteiger partial charge in [0.05, 0.1) is 5.75 Å². The Morgan fingerprint density at radius 3 is 2.83 bits per heavy atom. The van der Waals surface area contributed by atoms with Crippen LogP contribution >= 0.6 is 0 Å². The van der Waals surface area contributed by atoms with Crippen LogP contribution in [0, 0.1) is 0 Å². The Hall–Kier alpha value is -0.130. The van der Waals surface area contributed by atoms with Gasteiger partial charge in [0.25, 0.3) is 0 Å². The van der Waals surface area contributed by atoms with Crippen LogP contribution in [-0.2, 0) is 10.0 Å². The predicted molar refractivity (Wildman–Crippen MR) is 48.5 cm³/mol. The van der Waals surface area contributed by atoms with Crippen molar-refractivity contribution in [1.82, 2.24) is 9.62 Å². The van der Waals surface area contributed by atoms with Gasteiger partial charge in [-0.15, -0.1) is 0 Å². The first kappa shape index (κ1) is 9.95. The van der Waals surface area contributed by atoms with Crippen LogP contribution in [0.25, 0.3) is 0 Å². The predicted octanol–water partition coefficient (Wildman–Crippen LogP) is -0.369. The van der Waals surface area contributed by atoms with Crippen LogP contribution in [-0.4, -0.2) is 45.2 Å². The zero-order chi connectivity index (χ0) is 9.03. The normalized spacial score (nSPS) is 26.1. The summed E-state index contributed by atoms with van der Waals surface area (Å²) in [7, 11) is -2.95. The number of nitrogens with one attached hydrogen (secondary N) is 1. The molecule has 72 valence electrons. The molecule has 0 aromatic heterocycles. The summed E-state index contributed by atoms with van der Waals surface area (Å²) < 4.78 is 24.7. The lowest BCUT2D eigenvalue weighted by Crippen LogP contribution is -2.40. The van der Waals surface area contributed by atoms with Crippen LogP contribution in [0.3, 0.4) is 0 Å². The molecule has 0 atom stereocenters. The lowest BCUT2D eigenvalue weighted by molar-refractivity contribution is 0.289. The molecular weight excluding hydrogens is 176 g/mol. The molecule has 1 heterocycles. The molecule has 0 amide bonds. The molecule has 12 heavy (non-hydrogen) atoms. The quantitative estimate of drug-likeness (QED) is 0.617. The van der Waals surface area contributed by atoms with Crippen molar-refractivity contribution >= 4 is 10.0 Å². The molecule has 0 radical (unpaired) electrons. The van der Waals surface area contributed by atoms with Crippen LogP contribution in [0.15, 0.2) is 0 Å². The highest BCUT2D eigenvalue weighted by atomic mass is 32.2. The van der Waals surface area contributed by atoms with Crippen molar-refractivity contribution in [2.24, 2.45) is 0 Å². The third-order valence-corrected chi connectivity index (χ3v) is 3.55. The van der Waals surface area contributed by atoms with Gasteiger partial charge in [0, 0.05) is 13.1 Å². The first-order valence-electron chi connectivity index (χ1n) is 4.34. The fraction of sp³-hybridized carbons (Fsp3) is 1.00. The molecule has 1 N–H and O–H groups in total.